The summed E-state index contributed by atoms with van der Waals surface area (Å²) in [6.45, 7) is 1.21. The highest BCUT2D eigenvalue weighted by Gasteiger charge is 2.06. The zero-order valence-electron chi connectivity index (χ0n) is 11.5. The Balaban J connectivity index is 2.12. The lowest BCUT2D eigenvalue weighted by molar-refractivity contribution is 0.301. The number of ether oxygens (including phenoxy) is 2. The second-order valence-electron chi connectivity index (χ2n) is 4.30. The van der Waals surface area contributed by atoms with E-state index in [0.29, 0.717) is 6.61 Å². The number of halogens is 1. The van der Waals surface area contributed by atoms with Crippen LogP contribution in [-0.2, 0) is 13.2 Å². The number of nitrogens with one attached hydrogen (secondary N) is 1. The molecular formula is C15H17BrN2O2. The van der Waals surface area contributed by atoms with Crippen LogP contribution in [0.4, 0.5) is 0 Å². The van der Waals surface area contributed by atoms with Crippen molar-refractivity contribution in [1.29, 1.82) is 0 Å². The molecular weight excluding hydrogens is 320 g/mol. The molecule has 0 saturated heterocycles. The average Bonchev–Trinajstić information content (AvgIpc) is 2.46. The zero-order chi connectivity index (χ0) is 14.4. The molecule has 0 aliphatic heterocycles. The van der Waals surface area contributed by atoms with E-state index in [-0.39, 0.29) is 0 Å². The van der Waals surface area contributed by atoms with Gasteiger partial charge in [0.15, 0.2) is 0 Å². The van der Waals surface area contributed by atoms with Gasteiger partial charge in [-0.05, 0) is 47.2 Å². The fourth-order valence-corrected chi connectivity index (χ4v) is 2.26. The zero-order valence-corrected chi connectivity index (χ0v) is 13.1. The molecule has 1 N–H and O–H groups in total. The first-order valence-electron chi connectivity index (χ1n) is 6.26. The Labute approximate surface area is 127 Å². The predicted octanol–water partition coefficient (Wildman–Crippen LogP) is 3.15. The van der Waals surface area contributed by atoms with Gasteiger partial charge in [-0.25, -0.2) is 0 Å². The van der Waals surface area contributed by atoms with Crippen LogP contribution < -0.4 is 14.8 Å². The van der Waals surface area contributed by atoms with E-state index in [1.807, 2.05) is 31.3 Å². The second kappa shape index (κ2) is 7.26. The highest BCUT2D eigenvalue weighted by Crippen LogP contribution is 2.25. The minimum Gasteiger partial charge on any atom is -0.497 e. The predicted molar refractivity (Wildman–Crippen MR) is 82.0 cm³/mol. The van der Waals surface area contributed by atoms with Crippen LogP contribution >= 0.6 is 15.9 Å². The van der Waals surface area contributed by atoms with Gasteiger partial charge in [-0.15, -0.1) is 0 Å². The highest BCUT2D eigenvalue weighted by atomic mass is 79.9. The van der Waals surface area contributed by atoms with Crippen molar-refractivity contribution in [3.05, 3.63) is 52.3 Å². The molecule has 0 fully saturated rings. The lowest BCUT2D eigenvalue weighted by Gasteiger charge is -2.13. The Kier molecular flexibility index (Phi) is 5.38. The van der Waals surface area contributed by atoms with Gasteiger partial charge < -0.3 is 14.8 Å². The Morgan fingerprint density at radius 2 is 2.10 bits per heavy atom. The van der Waals surface area contributed by atoms with Gasteiger partial charge in [0.05, 0.1) is 7.11 Å². The monoisotopic (exact) mass is 336 g/mol. The van der Waals surface area contributed by atoms with E-state index in [1.165, 1.54) is 0 Å². The van der Waals surface area contributed by atoms with Gasteiger partial charge in [0.1, 0.15) is 18.1 Å². The molecule has 1 aromatic heterocycles. The minimum atomic E-state index is 0.482. The molecule has 0 atom stereocenters. The van der Waals surface area contributed by atoms with Crippen molar-refractivity contribution < 1.29 is 9.47 Å². The number of aromatic nitrogens is 1. The van der Waals surface area contributed by atoms with Crippen LogP contribution in [0.15, 0.2) is 41.1 Å². The summed E-state index contributed by atoms with van der Waals surface area (Å²) in [5, 5.41) is 3.13. The van der Waals surface area contributed by atoms with Gasteiger partial charge in [0.2, 0.25) is 0 Å². The van der Waals surface area contributed by atoms with Crippen LogP contribution in [0.1, 0.15) is 11.1 Å². The maximum absolute atomic E-state index is 5.87. The van der Waals surface area contributed by atoms with Gasteiger partial charge in [-0.3, -0.25) is 4.98 Å². The highest BCUT2D eigenvalue weighted by molar-refractivity contribution is 9.10. The summed E-state index contributed by atoms with van der Waals surface area (Å²) >= 11 is 3.40. The number of methoxy groups -OCH3 is 1. The molecule has 1 heterocycles. The van der Waals surface area contributed by atoms with Crippen LogP contribution in [0.25, 0.3) is 0 Å². The summed E-state index contributed by atoms with van der Waals surface area (Å²) in [6, 6.07) is 7.80. The first-order valence-corrected chi connectivity index (χ1v) is 7.06. The molecule has 2 rings (SSSR count). The number of hydrogen-bond donors (Lipinski definition) is 1. The third kappa shape index (κ3) is 3.95. The van der Waals surface area contributed by atoms with Crippen LogP contribution in [0.5, 0.6) is 11.5 Å². The average molecular weight is 337 g/mol. The second-order valence-corrected chi connectivity index (χ2v) is 5.22. The van der Waals surface area contributed by atoms with Crippen LogP contribution in [-0.4, -0.2) is 19.1 Å². The lowest BCUT2D eigenvalue weighted by Crippen LogP contribution is -2.08. The van der Waals surface area contributed by atoms with Gasteiger partial charge in [0.25, 0.3) is 0 Å². The Hall–Kier alpha value is -1.59. The van der Waals surface area contributed by atoms with E-state index in [4.69, 9.17) is 9.47 Å². The Morgan fingerprint density at radius 3 is 2.80 bits per heavy atom. The van der Waals surface area contributed by atoms with Gasteiger partial charge >= 0.3 is 0 Å². The quantitative estimate of drug-likeness (QED) is 0.879. The van der Waals surface area contributed by atoms with Crippen LogP contribution in [0, 0.1) is 0 Å². The van der Waals surface area contributed by atoms with Crippen molar-refractivity contribution in [3.8, 4) is 11.5 Å². The van der Waals surface area contributed by atoms with Crippen molar-refractivity contribution in [3.63, 3.8) is 0 Å². The Bertz CT molecular complexity index is 576. The van der Waals surface area contributed by atoms with E-state index in [2.05, 4.69) is 26.2 Å². The third-order valence-corrected chi connectivity index (χ3v) is 3.22. The molecule has 2 aromatic rings. The minimum absolute atomic E-state index is 0.482. The molecule has 4 nitrogen and oxygen atoms in total. The van der Waals surface area contributed by atoms with Crippen molar-refractivity contribution in [2.45, 2.75) is 13.2 Å². The number of benzene rings is 1. The molecule has 106 valence electrons. The van der Waals surface area contributed by atoms with Crippen LogP contribution in [0.3, 0.4) is 0 Å². The molecule has 0 aliphatic carbocycles. The van der Waals surface area contributed by atoms with Gasteiger partial charge in [-0.1, -0.05) is 0 Å². The number of rotatable bonds is 6. The molecule has 0 saturated carbocycles. The molecule has 0 spiro atoms. The lowest BCUT2D eigenvalue weighted by atomic mass is 10.2. The molecule has 5 heteroatoms. The molecule has 0 bridgehead atoms. The fourth-order valence-electron chi connectivity index (χ4n) is 1.85. The summed E-state index contributed by atoms with van der Waals surface area (Å²) in [4.78, 5) is 4.12. The molecule has 0 amide bonds. The van der Waals surface area contributed by atoms with E-state index in [1.54, 1.807) is 19.5 Å². The first-order chi connectivity index (χ1) is 9.72. The van der Waals surface area contributed by atoms with Crippen LogP contribution in [0.2, 0.25) is 0 Å². The van der Waals surface area contributed by atoms with E-state index in [9.17, 15) is 0 Å². The largest absolute Gasteiger partial charge is 0.497 e. The molecule has 0 unspecified atom stereocenters. The summed E-state index contributed by atoms with van der Waals surface area (Å²) in [6.07, 6.45) is 3.55. The first kappa shape index (κ1) is 14.8. The number of hydrogen-bond acceptors (Lipinski definition) is 4. The summed E-state index contributed by atoms with van der Waals surface area (Å²) in [5.74, 6) is 1.67. The van der Waals surface area contributed by atoms with Gasteiger partial charge in [-0.2, -0.15) is 0 Å². The third-order valence-electron chi connectivity index (χ3n) is 2.79. The summed E-state index contributed by atoms with van der Waals surface area (Å²) < 4.78 is 12.1. The SMILES string of the molecule is CNCc1cc(OC)ccc1OCc1cncc(Br)c1. The molecule has 1 aromatic carbocycles. The van der Waals surface area contributed by atoms with Crippen molar-refractivity contribution in [2.24, 2.45) is 0 Å². The van der Waals surface area contributed by atoms with Crippen molar-refractivity contribution >= 4 is 15.9 Å². The van der Waals surface area contributed by atoms with Crippen molar-refractivity contribution in [2.75, 3.05) is 14.2 Å². The fraction of sp³-hybridized carbons (Fsp3) is 0.267. The smallest absolute Gasteiger partial charge is 0.124 e. The Morgan fingerprint density at radius 1 is 1.25 bits per heavy atom. The van der Waals surface area contributed by atoms with E-state index >= 15 is 0 Å². The number of pyridine rings is 1. The summed E-state index contributed by atoms with van der Waals surface area (Å²) in [5.41, 5.74) is 2.08. The topological polar surface area (TPSA) is 43.4 Å². The summed E-state index contributed by atoms with van der Waals surface area (Å²) in [7, 11) is 3.56. The molecule has 0 radical (unpaired) electrons. The van der Waals surface area contributed by atoms with E-state index < -0.39 is 0 Å². The van der Waals surface area contributed by atoms with Gasteiger partial charge in [0, 0.05) is 34.5 Å². The molecule has 0 aliphatic rings. The van der Waals surface area contributed by atoms with E-state index in [0.717, 1.165) is 33.6 Å². The maximum Gasteiger partial charge on any atom is 0.124 e. The molecule has 20 heavy (non-hydrogen) atoms. The number of nitrogens with zero attached hydrogens (tertiary/aromatic N) is 1. The standard InChI is InChI=1S/C15H17BrN2O2/c1-17-8-12-6-14(19-2)3-4-15(12)20-10-11-5-13(16)9-18-7-11/h3-7,9,17H,8,10H2,1-2H3. The maximum atomic E-state index is 5.87. The van der Waals surface area contributed by atoms with Crippen molar-refractivity contribution in [1.82, 2.24) is 10.3 Å². The normalized spacial score (nSPS) is 10.3.